The van der Waals surface area contributed by atoms with Crippen molar-refractivity contribution in [2.24, 2.45) is 5.41 Å². The van der Waals surface area contributed by atoms with Gasteiger partial charge in [-0.3, -0.25) is 4.79 Å². The lowest BCUT2D eigenvalue weighted by Gasteiger charge is -2.30. The quantitative estimate of drug-likeness (QED) is 0.832. The van der Waals surface area contributed by atoms with E-state index in [1.165, 1.54) is 0 Å². The number of ether oxygens (including phenoxy) is 1. The van der Waals surface area contributed by atoms with Gasteiger partial charge in [0, 0.05) is 0 Å². The first kappa shape index (κ1) is 13.1. The van der Waals surface area contributed by atoms with Crippen molar-refractivity contribution in [2.45, 2.75) is 38.7 Å². The first-order chi connectivity index (χ1) is 8.69. The van der Waals surface area contributed by atoms with Gasteiger partial charge >= 0.3 is 5.97 Å². The van der Waals surface area contributed by atoms with E-state index < -0.39 is 11.5 Å². The van der Waals surface area contributed by atoms with E-state index in [9.17, 15) is 9.90 Å². The molecule has 1 fully saturated rings. The maximum absolute atomic E-state index is 12.2. The minimum Gasteiger partial charge on any atom is -0.465 e. The number of hydrogen-bond donors (Lipinski definition) is 1. The predicted octanol–water partition coefficient (Wildman–Crippen LogP) is 2.32. The van der Waals surface area contributed by atoms with Crippen LogP contribution >= 0.6 is 0 Å². The minimum atomic E-state index is -0.739. The van der Waals surface area contributed by atoms with Crippen molar-refractivity contribution < 1.29 is 14.6 Å². The lowest BCUT2D eigenvalue weighted by Crippen LogP contribution is -2.41. The summed E-state index contributed by atoms with van der Waals surface area (Å²) in [7, 11) is 0. The molecule has 1 aliphatic rings. The second-order valence-electron chi connectivity index (χ2n) is 4.95. The lowest BCUT2D eigenvalue weighted by molar-refractivity contribution is -0.161. The van der Waals surface area contributed by atoms with Crippen molar-refractivity contribution >= 4 is 5.97 Å². The molecule has 0 spiro atoms. The Morgan fingerprint density at radius 1 is 1.44 bits per heavy atom. The van der Waals surface area contributed by atoms with Crippen LogP contribution in [0.3, 0.4) is 0 Å². The fourth-order valence-electron chi connectivity index (χ4n) is 2.81. The van der Waals surface area contributed by atoms with Crippen LogP contribution in [0.2, 0.25) is 0 Å². The second kappa shape index (κ2) is 5.53. The van der Waals surface area contributed by atoms with Gasteiger partial charge < -0.3 is 9.84 Å². The number of benzene rings is 1. The van der Waals surface area contributed by atoms with Crippen molar-refractivity contribution in [2.75, 3.05) is 6.61 Å². The van der Waals surface area contributed by atoms with Crippen LogP contribution in [0.1, 0.15) is 31.7 Å². The third-order valence-electron chi connectivity index (χ3n) is 3.78. The summed E-state index contributed by atoms with van der Waals surface area (Å²) in [6.45, 7) is 2.16. The molecule has 2 atom stereocenters. The summed E-state index contributed by atoms with van der Waals surface area (Å²) in [4.78, 5) is 12.2. The van der Waals surface area contributed by atoms with E-state index in [-0.39, 0.29) is 5.97 Å². The fraction of sp³-hybridized carbons (Fsp3) is 0.533. The second-order valence-corrected chi connectivity index (χ2v) is 4.95. The monoisotopic (exact) mass is 248 g/mol. The number of rotatable bonds is 4. The molecule has 2 unspecified atom stereocenters. The highest BCUT2D eigenvalue weighted by molar-refractivity contribution is 5.78. The molecule has 18 heavy (non-hydrogen) atoms. The average molecular weight is 248 g/mol. The predicted molar refractivity (Wildman–Crippen MR) is 69.1 cm³/mol. The SMILES string of the molecule is CCOC(=O)C1(Cc2ccccc2)CCCC1O. The highest BCUT2D eigenvalue weighted by atomic mass is 16.5. The first-order valence-electron chi connectivity index (χ1n) is 6.58. The van der Waals surface area contributed by atoms with Crippen LogP contribution in [0, 0.1) is 5.41 Å². The molecule has 0 aliphatic heterocycles. The molecule has 0 bridgehead atoms. The first-order valence-corrected chi connectivity index (χ1v) is 6.58. The van der Waals surface area contributed by atoms with E-state index >= 15 is 0 Å². The van der Waals surface area contributed by atoms with Gasteiger partial charge in [-0.1, -0.05) is 30.3 Å². The number of aliphatic hydroxyl groups excluding tert-OH is 1. The summed E-state index contributed by atoms with van der Waals surface area (Å²) in [6, 6.07) is 9.84. The molecule has 1 aliphatic carbocycles. The Morgan fingerprint density at radius 2 is 2.17 bits per heavy atom. The van der Waals surface area contributed by atoms with Crippen molar-refractivity contribution in [1.82, 2.24) is 0 Å². The summed E-state index contributed by atoms with van der Waals surface area (Å²) in [5, 5.41) is 10.2. The Kier molecular flexibility index (Phi) is 4.02. The van der Waals surface area contributed by atoms with Crippen LogP contribution in [0.15, 0.2) is 30.3 Å². The highest BCUT2D eigenvalue weighted by Gasteiger charge is 2.49. The topological polar surface area (TPSA) is 46.5 Å². The lowest BCUT2D eigenvalue weighted by atomic mass is 9.78. The van der Waals surface area contributed by atoms with E-state index in [1.54, 1.807) is 6.92 Å². The molecule has 98 valence electrons. The third kappa shape index (κ3) is 2.41. The molecule has 0 amide bonds. The van der Waals surface area contributed by atoms with Crippen LogP contribution in [0.25, 0.3) is 0 Å². The maximum Gasteiger partial charge on any atom is 0.315 e. The maximum atomic E-state index is 12.2. The molecule has 2 rings (SSSR count). The summed E-state index contributed by atoms with van der Waals surface area (Å²) < 4.78 is 5.17. The minimum absolute atomic E-state index is 0.251. The van der Waals surface area contributed by atoms with Crippen molar-refractivity contribution in [1.29, 1.82) is 0 Å². The van der Waals surface area contributed by atoms with E-state index in [0.717, 1.165) is 12.0 Å². The van der Waals surface area contributed by atoms with Crippen LogP contribution in [0.4, 0.5) is 0 Å². The zero-order valence-electron chi connectivity index (χ0n) is 10.8. The molecule has 3 heteroatoms. The smallest absolute Gasteiger partial charge is 0.315 e. The van der Waals surface area contributed by atoms with Crippen LogP contribution < -0.4 is 0 Å². The van der Waals surface area contributed by atoms with Gasteiger partial charge in [0.05, 0.1) is 18.1 Å². The Hall–Kier alpha value is -1.35. The van der Waals surface area contributed by atoms with Crippen molar-refractivity contribution in [3.63, 3.8) is 0 Å². The van der Waals surface area contributed by atoms with Crippen LogP contribution in [-0.2, 0) is 16.0 Å². The summed E-state index contributed by atoms with van der Waals surface area (Å²) in [5.41, 5.74) is 0.337. The van der Waals surface area contributed by atoms with Crippen molar-refractivity contribution in [3.8, 4) is 0 Å². The number of carbonyl (C=O) groups excluding carboxylic acids is 1. The molecular weight excluding hydrogens is 228 g/mol. The van der Waals surface area contributed by atoms with Gasteiger partial charge in [-0.25, -0.2) is 0 Å². The van der Waals surface area contributed by atoms with E-state index in [0.29, 0.717) is 25.9 Å². The normalized spacial score (nSPS) is 27.1. The molecule has 3 nitrogen and oxygen atoms in total. The third-order valence-corrected chi connectivity index (χ3v) is 3.78. The van der Waals surface area contributed by atoms with Crippen molar-refractivity contribution in [3.05, 3.63) is 35.9 Å². The van der Waals surface area contributed by atoms with Gasteiger partial charge in [0.25, 0.3) is 0 Å². The van der Waals surface area contributed by atoms with Crippen LogP contribution in [-0.4, -0.2) is 23.8 Å². The van der Waals surface area contributed by atoms with Gasteiger partial charge in [-0.15, -0.1) is 0 Å². The molecule has 0 aromatic heterocycles. The molecule has 1 N–H and O–H groups in total. The molecular formula is C15H20O3. The van der Waals surface area contributed by atoms with E-state index in [1.807, 2.05) is 30.3 Å². The molecule has 1 aromatic rings. The standard InChI is InChI=1S/C15H20O3/c1-2-18-14(17)15(10-6-9-13(15)16)11-12-7-4-3-5-8-12/h3-5,7-8,13,16H,2,6,9-11H2,1H3. The number of esters is 1. The summed E-state index contributed by atoms with van der Waals surface area (Å²) >= 11 is 0. The van der Waals surface area contributed by atoms with Crippen LogP contribution in [0.5, 0.6) is 0 Å². The summed E-state index contributed by atoms with van der Waals surface area (Å²) in [5.74, 6) is -0.251. The zero-order valence-corrected chi connectivity index (χ0v) is 10.8. The van der Waals surface area contributed by atoms with E-state index in [4.69, 9.17) is 4.74 Å². The van der Waals surface area contributed by atoms with Gasteiger partial charge in [-0.05, 0) is 38.2 Å². The Bertz CT molecular complexity index is 401. The molecule has 1 aromatic carbocycles. The number of aliphatic hydroxyl groups is 1. The molecule has 0 saturated heterocycles. The van der Waals surface area contributed by atoms with Gasteiger partial charge in [0.1, 0.15) is 0 Å². The number of carbonyl (C=O) groups is 1. The molecule has 0 heterocycles. The average Bonchev–Trinajstić information content (AvgIpc) is 2.74. The fourth-order valence-corrected chi connectivity index (χ4v) is 2.81. The van der Waals surface area contributed by atoms with Gasteiger partial charge in [0.2, 0.25) is 0 Å². The molecule has 1 saturated carbocycles. The largest absolute Gasteiger partial charge is 0.465 e. The Balaban J connectivity index is 2.23. The van der Waals surface area contributed by atoms with E-state index in [2.05, 4.69) is 0 Å². The van der Waals surface area contributed by atoms with Gasteiger partial charge in [0.15, 0.2) is 0 Å². The number of hydrogen-bond acceptors (Lipinski definition) is 3. The van der Waals surface area contributed by atoms with Gasteiger partial charge in [-0.2, -0.15) is 0 Å². The molecule has 0 radical (unpaired) electrons. The highest BCUT2D eigenvalue weighted by Crippen LogP contribution is 2.42. The summed E-state index contributed by atoms with van der Waals surface area (Å²) in [6.07, 6.45) is 2.26. The Labute approximate surface area is 108 Å². The zero-order chi connectivity index (χ0) is 13.0. The Morgan fingerprint density at radius 3 is 2.72 bits per heavy atom.